The average Bonchev–Trinajstić information content (AvgIpc) is 2.97. The second-order valence-corrected chi connectivity index (χ2v) is 12.9. The molecule has 1 aromatic carbocycles. The van der Waals surface area contributed by atoms with Crippen molar-refractivity contribution >= 4 is 8.32 Å². The molecule has 0 aliphatic heterocycles. The molecule has 0 radical (unpaired) electrons. The molecule has 1 N–H and O–H groups in total. The van der Waals surface area contributed by atoms with Crippen molar-refractivity contribution in [1.29, 1.82) is 0 Å². The van der Waals surface area contributed by atoms with Gasteiger partial charge in [0.15, 0.2) is 8.32 Å². The Hall–Kier alpha value is -1.64. The predicted molar refractivity (Wildman–Crippen MR) is 98.0 cm³/mol. The van der Waals surface area contributed by atoms with Crippen LogP contribution in [0.5, 0.6) is 0 Å². The Labute approximate surface area is 154 Å². The molecule has 2 atom stereocenters. The smallest absolute Gasteiger partial charge is 0.192 e. The van der Waals surface area contributed by atoms with Gasteiger partial charge in [0.2, 0.25) is 0 Å². The first-order valence-corrected chi connectivity index (χ1v) is 11.5. The maximum absolute atomic E-state index is 14.5. The highest BCUT2D eigenvalue weighted by Crippen LogP contribution is 2.40. The Morgan fingerprint density at radius 3 is 2.42 bits per heavy atom. The molecule has 8 heteroatoms. The van der Waals surface area contributed by atoms with Crippen molar-refractivity contribution in [2.75, 3.05) is 0 Å². The number of hydrogen-bond acceptors (Lipinski definition) is 4. The third kappa shape index (κ3) is 4.19. The lowest BCUT2D eigenvalue weighted by molar-refractivity contribution is -0.0810. The number of halogens is 2. The van der Waals surface area contributed by atoms with Crippen LogP contribution in [0.4, 0.5) is 8.78 Å². The molecule has 1 unspecified atom stereocenters. The maximum Gasteiger partial charge on any atom is 0.192 e. The number of benzene rings is 1. The second-order valence-electron chi connectivity index (χ2n) is 8.16. The molecular weight excluding hydrogens is 356 g/mol. The molecule has 2 aromatic rings. The lowest BCUT2D eigenvalue weighted by Gasteiger charge is -2.43. The minimum Gasteiger partial charge on any atom is -0.411 e. The summed E-state index contributed by atoms with van der Waals surface area (Å²) in [6.07, 6.45) is 2.03. The maximum atomic E-state index is 14.5. The van der Waals surface area contributed by atoms with Crippen LogP contribution in [0.1, 0.15) is 33.3 Å². The van der Waals surface area contributed by atoms with Gasteiger partial charge in [-0.15, -0.1) is 0 Å². The van der Waals surface area contributed by atoms with E-state index in [4.69, 9.17) is 4.43 Å². The summed E-state index contributed by atoms with van der Waals surface area (Å²) in [6.45, 7) is 12.0. The van der Waals surface area contributed by atoms with Crippen molar-refractivity contribution in [2.45, 2.75) is 64.1 Å². The van der Waals surface area contributed by atoms with Crippen LogP contribution in [0.25, 0.3) is 0 Å². The van der Waals surface area contributed by atoms with Gasteiger partial charge in [-0.2, -0.15) is 5.10 Å². The zero-order chi connectivity index (χ0) is 19.8. The van der Waals surface area contributed by atoms with Gasteiger partial charge in [0.25, 0.3) is 0 Å². The SMILES string of the molecule is CC(O[Si](C)(C)C(C)(C)C)[C@@](O)(Cn1cncn1)c1ccc(F)cc1F. The molecule has 0 aliphatic carbocycles. The summed E-state index contributed by atoms with van der Waals surface area (Å²) in [4.78, 5) is 3.86. The number of rotatable bonds is 6. The quantitative estimate of drug-likeness (QED) is 0.770. The van der Waals surface area contributed by atoms with Gasteiger partial charge in [0, 0.05) is 11.6 Å². The van der Waals surface area contributed by atoms with E-state index in [2.05, 4.69) is 43.9 Å². The normalized spacial score (nSPS) is 16.3. The number of aromatic nitrogens is 3. The molecule has 144 valence electrons. The van der Waals surface area contributed by atoms with Crippen molar-refractivity contribution in [3.8, 4) is 0 Å². The van der Waals surface area contributed by atoms with E-state index in [0.717, 1.165) is 12.1 Å². The molecule has 1 aromatic heterocycles. The summed E-state index contributed by atoms with van der Waals surface area (Å²) in [7, 11) is -2.24. The van der Waals surface area contributed by atoms with Gasteiger partial charge in [-0.05, 0) is 31.1 Å². The molecule has 0 saturated carbocycles. The number of nitrogens with zero attached hydrogens (tertiary/aromatic N) is 3. The molecular formula is C18H27F2N3O2Si. The highest BCUT2D eigenvalue weighted by molar-refractivity contribution is 6.74. The number of aliphatic hydroxyl groups is 1. The molecule has 0 aliphatic rings. The third-order valence-electron chi connectivity index (χ3n) is 5.22. The molecule has 0 spiro atoms. The molecule has 0 fully saturated rings. The van der Waals surface area contributed by atoms with E-state index in [-0.39, 0.29) is 17.1 Å². The Morgan fingerprint density at radius 2 is 1.92 bits per heavy atom. The molecule has 26 heavy (non-hydrogen) atoms. The zero-order valence-electron chi connectivity index (χ0n) is 16.1. The minimum absolute atomic E-state index is 0.0272. The van der Waals surface area contributed by atoms with E-state index in [1.54, 1.807) is 6.92 Å². The minimum atomic E-state index is -2.24. The highest BCUT2D eigenvalue weighted by atomic mass is 28.4. The molecule has 2 rings (SSSR count). The number of hydrogen-bond donors (Lipinski definition) is 1. The lowest BCUT2D eigenvalue weighted by Crippen LogP contribution is -2.51. The summed E-state index contributed by atoms with van der Waals surface area (Å²) in [5.74, 6) is -1.52. The monoisotopic (exact) mass is 383 g/mol. The van der Waals surface area contributed by atoms with Crippen molar-refractivity contribution in [1.82, 2.24) is 14.8 Å². The molecule has 0 bridgehead atoms. The van der Waals surface area contributed by atoms with Crippen LogP contribution in [0.15, 0.2) is 30.9 Å². The Bertz CT molecular complexity index is 747. The van der Waals surface area contributed by atoms with Gasteiger partial charge in [-0.1, -0.05) is 26.8 Å². The van der Waals surface area contributed by atoms with Crippen LogP contribution in [0, 0.1) is 11.6 Å². The average molecular weight is 384 g/mol. The second kappa shape index (κ2) is 7.17. The largest absolute Gasteiger partial charge is 0.411 e. The van der Waals surface area contributed by atoms with Crippen molar-refractivity contribution in [3.63, 3.8) is 0 Å². The van der Waals surface area contributed by atoms with Crippen molar-refractivity contribution in [2.24, 2.45) is 0 Å². The first-order valence-electron chi connectivity index (χ1n) is 8.55. The van der Waals surface area contributed by atoms with Gasteiger partial charge in [0.1, 0.15) is 29.9 Å². The predicted octanol–water partition coefficient (Wildman–Crippen LogP) is 3.85. The molecule has 0 saturated heterocycles. The first-order chi connectivity index (χ1) is 11.9. The Kier molecular flexibility index (Phi) is 5.70. The van der Waals surface area contributed by atoms with Crippen LogP contribution >= 0.6 is 0 Å². The summed E-state index contributed by atoms with van der Waals surface area (Å²) in [5, 5.41) is 15.4. The van der Waals surface area contributed by atoms with Crippen molar-refractivity contribution in [3.05, 3.63) is 48.1 Å². The van der Waals surface area contributed by atoms with Gasteiger partial charge >= 0.3 is 0 Å². The summed E-state index contributed by atoms with van der Waals surface area (Å²) >= 11 is 0. The Morgan fingerprint density at radius 1 is 1.27 bits per heavy atom. The zero-order valence-corrected chi connectivity index (χ0v) is 17.1. The molecule has 5 nitrogen and oxygen atoms in total. The van der Waals surface area contributed by atoms with Crippen LogP contribution in [-0.4, -0.2) is 34.3 Å². The van der Waals surface area contributed by atoms with Crippen LogP contribution in [-0.2, 0) is 16.6 Å². The van der Waals surface area contributed by atoms with E-state index in [0.29, 0.717) is 0 Å². The fourth-order valence-electron chi connectivity index (χ4n) is 2.55. The van der Waals surface area contributed by atoms with Gasteiger partial charge in [-0.3, -0.25) is 0 Å². The molecule has 0 amide bonds. The van der Waals surface area contributed by atoms with E-state index in [9.17, 15) is 13.9 Å². The van der Waals surface area contributed by atoms with Crippen molar-refractivity contribution < 1.29 is 18.3 Å². The lowest BCUT2D eigenvalue weighted by atomic mass is 9.88. The van der Waals surface area contributed by atoms with Crippen LogP contribution < -0.4 is 0 Å². The fourth-order valence-corrected chi connectivity index (χ4v) is 3.98. The third-order valence-corrected chi connectivity index (χ3v) is 9.77. The topological polar surface area (TPSA) is 60.2 Å². The highest BCUT2D eigenvalue weighted by Gasteiger charge is 2.46. The van der Waals surface area contributed by atoms with E-state index < -0.39 is 31.7 Å². The summed E-state index contributed by atoms with van der Waals surface area (Å²) in [5.41, 5.74) is -1.76. The van der Waals surface area contributed by atoms with E-state index in [1.807, 2.05) is 0 Å². The Balaban J connectivity index is 2.46. The van der Waals surface area contributed by atoms with E-state index >= 15 is 0 Å². The fraction of sp³-hybridized carbons (Fsp3) is 0.556. The van der Waals surface area contributed by atoms with Crippen LogP contribution in [0.2, 0.25) is 18.1 Å². The molecule has 1 heterocycles. The summed E-state index contributed by atoms with van der Waals surface area (Å²) in [6, 6.07) is 3.15. The van der Waals surface area contributed by atoms with Gasteiger partial charge < -0.3 is 9.53 Å². The van der Waals surface area contributed by atoms with Crippen LogP contribution in [0.3, 0.4) is 0 Å². The summed E-state index contributed by atoms with van der Waals surface area (Å²) < 4.78 is 35.6. The van der Waals surface area contributed by atoms with Gasteiger partial charge in [-0.25, -0.2) is 18.4 Å². The first kappa shape index (κ1) is 20.7. The standard InChI is InChI=1S/C18H27F2N3O2Si/c1-13(25-26(5,6)17(2,3)4)18(24,10-23-12-21-11-22-23)15-8-7-14(19)9-16(15)20/h7-9,11-13,24H,10H2,1-6H3/t13?,18-/m0/s1. The van der Waals surface area contributed by atoms with E-state index in [1.165, 1.54) is 23.4 Å². The van der Waals surface area contributed by atoms with Gasteiger partial charge in [0.05, 0.1) is 12.6 Å².